The molecular formula is C24H24ClN3O2. The first-order valence-electron chi connectivity index (χ1n) is 10.6. The molecule has 1 amide bonds. The van der Waals surface area contributed by atoms with Gasteiger partial charge in [0.05, 0.1) is 23.0 Å². The number of fused-ring (bicyclic) bond motifs is 2. The maximum atomic E-state index is 13.3. The van der Waals surface area contributed by atoms with Crippen LogP contribution in [0.3, 0.4) is 0 Å². The van der Waals surface area contributed by atoms with Crippen molar-refractivity contribution in [2.24, 2.45) is 0 Å². The molecule has 6 heteroatoms. The van der Waals surface area contributed by atoms with Crippen LogP contribution in [0.5, 0.6) is 5.75 Å². The first-order chi connectivity index (χ1) is 14.6. The van der Waals surface area contributed by atoms with E-state index in [1.54, 1.807) is 0 Å². The molecule has 2 heterocycles. The number of aromatic nitrogens is 2. The summed E-state index contributed by atoms with van der Waals surface area (Å²) in [5.74, 6) is 1.45. The van der Waals surface area contributed by atoms with Crippen molar-refractivity contribution in [2.75, 3.05) is 12.0 Å². The average Bonchev–Trinajstić information content (AvgIpc) is 3.12. The monoisotopic (exact) mass is 421 g/mol. The third-order valence-electron chi connectivity index (χ3n) is 6.09. The van der Waals surface area contributed by atoms with E-state index in [1.165, 1.54) is 0 Å². The Kier molecular flexibility index (Phi) is 4.99. The van der Waals surface area contributed by atoms with E-state index in [-0.39, 0.29) is 5.91 Å². The summed E-state index contributed by atoms with van der Waals surface area (Å²) in [4.78, 5) is 18.2. The molecule has 1 aliphatic heterocycles. The van der Waals surface area contributed by atoms with Crippen LogP contribution in [0.25, 0.3) is 11.4 Å². The van der Waals surface area contributed by atoms with Gasteiger partial charge in [-0.3, -0.25) is 10.2 Å². The van der Waals surface area contributed by atoms with Gasteiger partial charge in [-0.25, -0.2) is 9.66 Å². The van der Waals surface area contributed by atoms with Crippen molar-refractivity contribution >= 4 is 17.5 Å². The Bertz CT molecular complexity index is 1140. The number of imidazole rings is 1. The molecule has 0 unspecified atom stereocenters. The average molecular weight is 422 g/mol. The second-order valence-electron chi connectivity index (χ2n) is 7.96. The summed E-state index contributed by atoms with van der Waals surface area (Å²) in [6.45, 7) is 2.74. The Hall–Kier alpha value is -2.79. The van der Waals surface area contributed by atoms with Gasteiger partial charge >= 0.3 is 0 Å². The molecular weight excluding hydrogens is 398 g/mol. The molecule has 154 valence electrons. The Morgan fingerprint density at radius 1 is 1.10 bits per heavy atom. The Balaban J connectivity index is 1.56. The molecule has 5 nitrogen and oxygen atoms in total. The molecule has 0 saturated carbocycles. The number of nitrogens with one attached hydrogen (secondary N) is 1. The fourth-order valence-corrected chi connectivity index (χ4v) is 4.72. The van der Waals surface area contributed by atoms with Gasteiger partial charge in [-0.2, -0.15) is 0 Å². The van der Waals surface area contributed by atoms with Crippen LogP contribution in [0.4, 0.5) is 0 Å². The van der Waals surface area contributed by atoms with Gasteiger partial charge in [0, 0.05) is 11.1 Å². The second-order valence-corrected chi connectivity index (χ2v) is 8.37. The third kappa shape index (κ3) is 3.27. The largest absolute Gasteiger partial charge is 0.493 e. The van der Waals surface area contributed by atoms with E-state index < -0.39 is 0 Å². The van der Waals surface area contributed by atoms with E-state index in [2.05, 4.69) is 5.43 Å². The molecule has 5 rings (SSSR count). The molecule has 0 spiro atoms. The van der Waals surface area contributed by atoms with Gasteiger partial charge < -0.3 is 4.74 Å². The summed E-state index contributed by atoms with van der Waals surface area (Å²) < 4.78 is 7.60. The van der Waals surface area contributed by atoms with Gasteiger partial charge in [0.15, 0.2) is 5.82 Å². The number of rotatable bonds is 3. The van der Waals surface area contributed by atoms with Crippen LogP contribution in [0.15, 0.2) is 36.4 Å². The van der Waals surface area contributed by atoms with Crippen molar-refractivity contribution in [1.82, 2.24) is 9.66 Å². The number of benzene rings is 2. The van der Waals surface area contributed by atoms with E-state index in [0.717, 1.165) is 79.0 Å². The van der Waals surface area contributed by atoms with Crippen molar-refractivity contribution in [1.29, 1.82) is 0 Å². The Morgan fingerprint density at radius 3 is 2.80 bits per heavy atom. The summed E-state index contributed by atoms with van der Waals surface area (Å²) in [7, 11) is 0. The van der Waals surface area contributed by atoms with Crippen molar-refractivity contribution in [2.45, 2.75) is 45.4 Å². The Labute approximate surface area is 181 Å². The van der Waals surface area contributed by atoms with Gasteiger partial charge in [-0.1, -0.05) is 23.7 Å². The zero-order valence-corrected chi connectivity index (χ0v) is 17.8. The van der Waals surface area contributed by atoms with Crippen LogP contribution in [0.2, 0.25) is 5.02 Å². The molecule has 2 aliphatic rings. The molecule has 30 heavy (non-hydrogen) atoms. The van der Waals surface area contributed by atoms with Crippen LogP contribution in [-0.4, -0.2) is 22.2 Å². The zero-order valence-electron chi connectivity index (χ0n) is 17.0. The topological polar surface area (TPSA) is 56.2 Å². The number of nitrogens with zero attached hydrogens (tertiary/aromatic N) is 2. The summed E-state index contributed by atoms with van der Waals surface area (Å²) in [5.41, 5.74) is 8.85. The molecule has 1 aliphatic carbocycles. The van der Waals surface area contributed by atoms with Crippen molar-refractivity contribution in [3.05, 3.63) is 69.5 Å². The molecule has 2 aromatic carbocycles. The summed E-state index contributed by atoms with van der Waals surface area (Å²) >= 11 is 6.47. The number of aryl methyl sites for hydroxylation is 1. The summed E-state index contributed by atoms with van der Waals surface area (Å²) in [5, 5.41) is 0.623. The quantitative estimate of drug-likeness (QED) is 0.640. The van der Waals surface area contributed by atoms with Crippen molar-refractivity contribution < 1.29 is 9.53 Å². The van der Waals surface area contributed by atoms with Gasteiger partial charge in [-0.15, -0.1) is 0 Å². The van der Waals surface area contributed by atoms with Crippen LogP contribution in [0, 0.1) is 6.92 Å². The number of carbonyl (C=O) groups excluding carboxylic acids is 1. The SMILES string of the molecule is Cc1c(C(=O)Nn2c(-c3ccccc3Cl)nc3c2CCCC3)ccc2c1CCCO2. The highest BCUT2D eigenvalue weighted by Gasteiger charge is 2.25. The minimum Gasteiger partial charge on any atom is -0.493 e. The number of hydrogen-bond donors (Lipinski definition) is 1. The zero-order chi connectivity index (χ0) is 20.7. The van der Waals surface area contributed by atoms with Crippen LogP contribution in [0.1, 0.15) is 52.1 Å². The molecule has 0 radical (unpaired) electrons. The highest BCUT2D eigenvalue weighted by molar-refractivity contribution is 6.33. The minimum absolute atomic E-state index is 0.139. The van der Waals surface area contributed by atoms with Crippen molar-refractivity contribution in [3.8, 4) is 17.1 Å². The van der Waals surface area contributed by atoms with Crippen molar-refractivity contribution in [3.63, 3.8) is 0 Å². The van der Waals surface area contributed by atoms with Crippen LogP contribution < -0.4 is 10.2 Å². The highest BCUT2D eigenvalue weighted by Crippen LogP contribution is 2.32. The number of carbonyl (C=O) groups is 1. The van der Waals surface area contributed by atoms with Gasteiger partial charge in [-0.05, 0) is 80.8 Å². The number of ether oxygens (including phenoxy) is 1. The Morgan fingerprint density at radius 2 is 1.93 bits per heavy atom. The van der Waals surface area contributed by atoms with Gasteiger partial charge in [0.1, 0.15) is 5.75 Å². The maximum Gasteiger partial charge on any atom is 0.270 e. The first-order valence-corrected chi connectivity index (χ1v) is 10.9. The lowest BCUT2D eigenvalue weighted by atomic mass is 9.96. The van der Waals surface area contributed by atoms with Crippen LogP contribution >= 0.6 is 11.6 Å². The first kappa shape index (κ1) is 19.2. The second kappa shape index (κ2) is 7.80. The molecule has 0 fully saturated rings. The number of halogens is 1. The normalized spacial score (nSPS) is 15.1. The molecule has 3 aromatic rings. The molecule has 0 bridgehead atoms. The lowest BCUT2D eigenvalue weighted by molar-refractivity contribution is 0.101. The number of hydrogen-bond acceptors (Lipinski definition) is 3. The lowest BCUT2D eigenvalue weighted by Crippen LogP contribution is -2.27. The summed E-state index contributed by atoms with van der Waals surface area (Å²) in [6.07, 6.45) is 5.93. The fraction of sp³-hybridized carbons (Fsp3) is 0.333. The smallest absolute Gasteiger partial charge is 0.270 e. The minimum atomic E-state index is -0.139. The van der Waals surface area contributed by atoms with Crippen LogP contribution in [-0.2, 0) is 19.3 Å². The van der Waals surface area contributed by atoms with E-state index in [4.69, 9.17) is 21.3 Å². The third-order valence-corrected chi connectivity index (χ3v) is 6.42. The fourth-order valence-electron chi connectivity index (χ4n) is 4.50. The molecule has 1 aromatic heterocycles. The van der Waals surface area contributed by atoms with Gasteiger partial charge in [0.25, 0.3) is 5.91 Å². The molecule has 0 saturated heterocycles. The van der Waals surface area contributed by atoms with E-state index in [0.29, 0.717) is 16.4 Å². The maximum absolute atomic E-state index is 13.3. The predicted molar refractivity (Wildman–Crippen MR) is 118 cm³/mol. The summed E-state index contributed by atoms with van der Waals surface area (Å²) in [6, 6.07) is 11.4. The lowest BCUT2D eigenvalue weighted by Gasteiger charge is -2.21. The highest BCUT2D eigenvalue weighted by atomic mass is 35.5. The number of amides is 1. The predicted octanol–water partition coefficient (Wildman–Crippen LogP) is 5.10. The van der Waals surface area contributed by atoms with E-state index in [1.807, 2.05) is 48.0 Å². The molecule has 1 N–H and O–H groups in total. The van der Waals surface area contributed by atoms with E-state index in [9.17, 15) is 4.79 Å². The standard InChI is InChI=1S/C24H24ClN3O2/c1-15-16-8-6-14-30-22(16)13-12-17(15)24(29)27-28-21-11-5-4-10-20(21)26-23(28)18-7-2-3-9-19(18)25/h2-3,7,9,12-13H,4-6,8,10-11,14H2,1H3,(H,27,29). The molecule has 0 atom stereocenters. The van der Waals surface area contributed by atoms with E-state index >= 15 is 0 Å². The van der Waals surface area contributed by atoms with Gasteiger partial charge in [0.2, 0.25) is 0 Å².